The quantitative estimate of drug-likeness (QED) is 0.859. The molecule has 1 aromatic rings. The Morgan fingerprint density at radius 1 is 1.48 bits per heavy atom. The van der Waals surface area contributed by atoms with Crippen LogP contribution in [0.1, 0.15) is 30.9 Å². The van der Waals surface area contributed by atoms with Gasteiger partial charge in [-0.05, 0) is 37.1 Å². The number of nitrogens with one attached hydrogen (secondary N) is 1. The summed E-state index contributed by atoms with van der Waals surface area (Å²) >= 11 is 0. The average Bonchev–Trinajstić information content (AvgIpc) is 2.93. The largest absolute Gasteiger partial charge is 0.497 e. The molecule has 0 saturated carbocycles. The summed E-state index contributed by atoms with van der Waals surface area (Å²) in [5.74, 6) is 0.504. The molecule has 1 fully saturated rings. The molecule has 0 radical (unpaired) electrons. The number of likely N-dealkylation sites (tertiary alicyclic amines) is 1. The van der Waals surface area contributed by atoms with Crippen molar-refractivity contribution in [2.45, 2.75) is 25.3 Å². The second-order valence-corrected chi connectivity index (χ2v) is 5.13. The molecule has 6 nitrogen and oxygen atoms in total. The number of benzene rings is 1. The lowest BCUT2D eigenvalue weighted by Gasteiger charge is -2.24. The van der Waals surface area contributed by atoms with Crippen LogP contribution in [0.2, 0.25) is 0 Å². The van der Waals surface area contributed by atoms with Crippen molar-refractivity contribution in [3.05, 3.63) is 29.8 Å². The fraction of sp³-hybridized carbons (Fsp3) is 0.467. The Balaban J connectivity index is 1.96. The van der Waals surface area contributed by atoms with Crippen LogP contribution >= 0.6 is 0 Å². The van der Waals surface area contributed by atoms with Crippen molar-refractivity contribution >= 4 is 11.9 Å². The van der Waals surface area contributed by atoms with E-state index in [1.807, 2.05) is 18.2 Å². The van der Waals surface area contributed by atoms with Crippen LogP contribution < -0.4 is 15.8 Å². The van der Waals surface area contributed by atoms with Gasteiger partial charge in [-0.15, -0.1) is 0 Å². The number of primary amides is 1. The van der Waals surface area contributed by atoms with Crippen molar-refractivity contribution in [3.63, 3.8) is 0 Å². The third-order valence-corrected chi connectivity index (χ3v) is 3.73. The predicted octanol–water partition coefficient (Wildman–Crippen LogP) is 1.42. The molecule has 2 rings (SSSR count). The number of carbonyl (C=O) groups excluding carboxylic acids is 2. The first-order chi connectivity index (χ1) is 10.1. The van der Waals surface area contributed by atoms with E-state index in [4.69, 9.17) is 10.5 Å². The molecule has 1 unspecified atom stereocenters. The predicted molar refractivity (Wildman–Crippen MR) is 78.9 cm³/mol. The molecule has 21 heavy (non-hydrogen) atoms. The Labute approximate surface area is 124 Å². The number of ether oxygens (including phenoxy) is 1. The highest BCUT2D eigenvalue weighted by Gasteiger charge is 2.26. The van der Waals surface area contributed by atoms with Gasteiger partial charge in [0.05, 0.1) is 7.11 Å². The summed E-state index contributed by atoms with van der Waals surface area (Å²) in [4.78, 5) is 24.4. The molecule has 0 aromatic heterocycles. The number of hydrogen-bond donors (Lipinski definition) is 2. The molecule has 0 aliphatic carbocycles. The molecule has 1 aliphatic heterocycles. The van der Waals surface area contributed by atoms with Gasteiger partial charge in [-0.2, -0.15) is 0 Å². The van der Waals surface area contributed by atoms with Gasteiger partial charge in [0, 0.05) is 19.0 Å². The molecule has 1 aliphatic rings. The highest BCUT2D eigenvalue weighted by molar-refractivity contribution is 5.93. The summed E-state index contributed by atoms with van der Waals surface area (Å²) < 4.78 is 5.26. The fourth-order valence-corrected chi connectivity index (χ4v) is 2.77. The molecule has 1 atom stereocenters. The lowest BCUT2D eigenvalue weighted by molar-refractivity contribution is -0.120. The zero-order valence-electron chi connectivity index (χ0n) is 12.2. The summed E-state index contributed by atoms with van der Waals surface area (Å²) in [7, 11) is 1.65. The number of urea groups is 1. The van der Waals surface area contributed by atoms with Gasteiger partial charge in [0.2, 0.25) is 5.91 Å². The Morgan fingerprint density at radius 3 is 3.00 bits per heavy atom. The van der Waals surface area contributed by atoms with E-state index in [1.54, 1.807) is 7.11 Å². The molecule has 114 valence electrons. The van der Waals surface area contributed by atoms with E-state index in [-0.39, 0.29) is 12.3 Å². The molecule has 1 aromatic carbocycles. The van der Waals surface area contributed by atoms with Gasteiger partial charge >= 0.3 is 6.03 Å². The topological polar surface area (TPSA) is 84.7 Å². The van der Waals surface area contributed by atoms with Crippen molar-refractivity contribution in [1.82, 2.24) is 10.2 Å². The van der Waals surface area contributed by atoms with Gasteiger partial charge < -0.3 is 10.5 Å². The SMILES string of the molecule is COc1cccc(C2CCCN2CCC(=O)NC(N)=O)c1. The molecule has 0 bridgehead atoms. The lowest BCUT2D eigenvalue weighted by Crippen LogP contribution is -2.37. The average molecular weight is 291 g/mol. The highest BCUT2D eigenvalue weighted by Crippen LogP contribution is 2.33. The van der Waals surface area contributed by atoms with Crippen LogP contribution in [0.5, 0.6) is 5.75 Å². The lowest BCUT2D eigenvalue weighted by atomic mass is 10.0. The molecule has 0 spiro atoms. The molecule has 6 heteroatoms. The van der Waals surface area contributed by atoms with Crippen LogP contribution in [0, 0.1) is 0 Å². The van der Waals surface area contributed by atoms with Crippen LogP contribution in [0.4, 0.5) is 4.79 Å². The van der Waals surface area contributed by atoms with Gasteiger partial charge in [-0.1, -0.05) is 12.1 Å². The monoisotopic (exact) mass is 291 g/mol. The molecule has 3 amide bonds. The van der Waals surface area contributed by atoms with Crippen LogP contribution in [0.25, 0.3) is 0 Å². The normalized spacial score (nSPS) is 18.4. The maximum absolute atomic E-state index is 11.5. The van der Waals surface area contributed by atoms with Crippen molar-refractivity contribution in [3.8, 4) is 5.75 Å². The van der Waals surface area contributed by atoms with Crippen LogP contribution in [-0.4, -0.2) is 37.0 Å². The smallest absolute Gasteiger partial charge is 0.318 e. The van der Waals surface area contributed by atoms with Crippen LogP contribution in [0.15, 0.2) is 24.3 Å². The number of rotatable bonds is 5. The Kier molecular flexibility index (Phi) is 5.16. The summed E-state index contributed by atoms with van der Waals surface area (Å²) in [6, 6.07) is 7.50. The zero-order chi connectivity index (χ0) is 15.2. The summed E-state index contributed by atoms with van der Waals surface area (Å²) in [5, 5.41) is 2.09. The summed E-state index contributed by atoms with van der Waals surface area (Å²) in [5.41, 5.74) is 6.13. The van der Waals surface area contributed by atoms with Gasteiger partial charge in [-0.3, -0.25) is 15.0 Å². The second kappa shape index (κ2) is 7.08. The van der Waals surface area contributed by atoms with Crippen molar-refractivity contribution in [1.29, 1.82) is 0 Å². The Hall–Kier alpha value is -2.08. The van der Waals surface area contributed by atoms with Crippen LogP contribution in [-0.2, 0) is 4.79 Å². The fourth-order valence-electron chi connectivity index (χ4n) is 2.77. The standard InChI is InChI=1S/C15H21N3O3/c1-21-12-5-2-4-11(10-12)13-6-3-8-18(13)9-7-14(19)17-15(16)20/h2,4-5,10,13H,3,6-9H2,1H3,(H3,16,17,19,20). The van der Waals surface area contributed by atoms with Crippen molar-refractivity contribution < 1.29 is 14.3 Å². The number of carbonyl (C=O) groups is 2. The van der Waals surface area contributed by atoms with E-state index in [0.717, 1.165) is 25.1 Å². The Bertz CT molecular complexity index is 519. The first kappa shape index (κ1) is 15.3. The number of imide groups is 1. The van der Waals surface area contributed by atoms with Crippen LogP contribution in [0.3, 0.4) is 0 Å². The van der Waals surface area contributed by atoms with Crippen molar-refractivity contribution in [2.24, 2.45) is 5.73 Å². The Morgan fingerprint density at radius 2 is 2.29 bits per heavy atom. The third kappa shape index (κ3) is 4.19. The maximum atomic E-state index is 11.5. The minimum Gasteiger partial charge on any atom is -0.497 e. The highest BCUT2D eigenvalue weighted by atomic mass is 16.5. The molecule has 1 heterocycles. The first-order valence-corrected chi connectivity index (χ1v) is 7.07. The minimum absolute atomic E-state index is 0.267. The zero-order valence-corrected chi connectivity index (χ0v) is 12.2. The van der Waals surface area contributed by atoms with E-state index in [9.17, 15) is 9.59 Å². The third-order valence-electron chi connectivity index (χ3n) is 3.73. The van der Waals surface area contributed by atoms with Gasteiger partial charge in [0.25, 0.3) is 0 Å². The molecule has 3 N–H and O–H groups in total. The maximum Gasteiger partial charge on any atom is 0.318 e. The van der Waals surface area contributed by atoms with E-state index in [0.29, 0.717) is 12.6 Å². The number of amides is 3. The molecular weight excluding hydrogens is 270 g/mol. The first-order valence-electron chi connectivity index (χ1n) is 7.07. The second-order valence-electron chi connectivity index (χ2n) is 5.13. The number of hydrogen-bond acceptors (Lipinski definition) is 4. The summed E-state index contributed by atoms with van der Waals surface area (Å²) in [6.45, 7) is 1.56. The van der Waals surface area contributed by atoms with E-state index in [2.05, 4.69) is 16.3 Å². The molecule has 1 saturated heterocycles. The van der Waals surface area contributed by atoms with Gasteiger partial charge in [0.1, 0.15) is 5.75 Å². The van der Waals surface area contributed by atoms with E-state index >= 15 is 0 Å². The van der Waals surface area contributed by atoms with Gasteiger partial charge in [0.15, 0.2) is 0 Å². The number of methoxy groups -OCH3 is 1. The van der Waals surface area contributed by atoms with Gasteiger partial charge in [-0.25, -0.2) is 4.79 Å². The van der Waals surface area contributed by atoms with E-state index < -0.39 is 6.03 Å². The summed E-state index contributed by atoms with van der Waals surface area (Å²) in [6.07, 6.45) is 2.42. The number of nitrogens with zero attached hydrogens (tertiary/aromatic N) is 1. The molecular formula is C15H21N3O3. The minimum atomic E-state index is -0.800. The van der Waals surface area contributed by atoms with Crippen molar-refractivity contribution in [2.75, 3.05) is 20.2 Å². The van der Waals surface area contributed by atoms with E-state index in [1.165, 1.54) is 5.56 Å². The number of nitrogens with two attached hydrogens (primary N) is 1.